The molecule has 0 bridgehead atoms. The van der Waals surface area contributed by atoms with Gasteiger partial charge in [0.25, 0.3) is 5.91 Å². The van der Waals surface area contributed by atoms with Gasteiger partial charge in [-0.25, -0.2) is 0 Å². The van der Waals surface area contributed by atoms with Crippen LogP contribution in [-0.2, 0) is 11.2 Å². The monoisotopic (exact) mass is 404 g/mol. The molecule has 0 saturated carbocycles. The van der Waals surface area contributed by atoms with Crippen LogP contribution in [0.4, 0.5) is 0 Å². The van der Waals surface area contributed by atoms with Gasteiger partial charge in [0.1, 0.15) is 12.4 Å². The van der Waals surface area contributed by atoms with E-state index in [4.69, 9.17) is 9.47 Å². The Kier molecular flexibility index (Phi) is 9.83. The SMILES string of the molecule is Cl.O=C1N[C@@H](Cc2ccccc2)COCCCCNCCOc2ccccc21. The molecule has 0 saturated heterocycles. The largest absolute Gasteiger partial charge is 0.491 e. The third-order valence-corrected chi connectivity index (χ3v) is 4.54. The van der Waals surface area contributed by atoms with Gasteiger partial charge in [0.2, 0.25) is 0 Å². The molecule has 28 heavy (non-hydrogen) atoms. The number of hydrogen-bond donors (Lipinski definition) is 2. The normalized spacial score (nSPS) is 19.0. The summed E-state index contributed by atoms with van der Waals surface area (Å²) in [4.78, 5) is 12.9. The zero-order chi connectivity index (χ0) is 18.7. The van der Waals surface area contributed by atoms with Gasteiger partial charge >= 0.3 is 0 Å². The lowest BCUT2D eigenvalue weighted by atomic mass is 10.1. The van der Waals surface area contributed by atoms with E-state index in [2.05, 4.69) is 22.8 Å². The Morgan fingerprint density at radius 3 is 2.57 bits per heavy atom. The molecular weight excluding hydrogens is 376 g/mol. The number of carbonyl (C=O) groups excluding carboxylic acids is 1. The van der Waals surface area contributed by atoms with Gasteiger partial charge in [-0.05, 0) is 43.5 Å². The van der Waals surface area contributed by atoms with Crippen molar-refractivity contribution in [2.24, 2.45) is 0 Å². The summed E-state index contributed by atoms with van der Waals surface area (Å²) in [7, 11) is 0. The van der Waals surface area contributed by atoms with Crippen LogP contribution in [0.2, 0.25) is 0 Å². The van der Waals surface area contributed by atoms with Gasteiger partial charge in [-0.15, -0.1) is 12.4 Å². The Hall–Kier alpha value is -2.08. The highest BCUT2D eigenvalue weighted by Crippen LogP contribution is 2.18. The molecular formula is C22H29ClN2O3. The highest BCUT2D eigenvalue weighted by atomic mass is 35.5. The highest BCUT2D eigenvalue weighted by Gasteiger charge is 2.18. The average molecular weight is 405 g/mol. The summed E-state index contributed by atoms with van der Waals surface area (Å²) in [5, 5.41) is 6.49. The minimum absolute atomic E-state index is 0. The number of para-hydroxylation sites is 1. The molecule has 0 spiro atoms. The number of carbonyl (C=O) groups is 1. The standard InChI is InChI=1S/C22H28N2O3.ClH/c25-22-20-10-4-5-11-21(20)27-15-13-23-12-6-7-14-26-17-19(24-22)16-18-8-2-1-3-9-18;/h1-5,8-11,19,23H,6-7,12-17H2,(H,24,25);1H/t19-;/m0./s1. The van der Waals surface area contributed by atoms with Gasteiger partial charge in [-0.3, -0.25) is 4.79 Å². The second-order valence-electron chi connectivity index (χ2n) is 6.74. The maximum atomic E-state index is 12.9. The van der Waals surface area contributed by atoms with Crippen molar-refractivity contribution in [2.45, 2.75) is 25.3 Å². The van der Waals surface area contributed by atoms with Crippen LogP contribution in [0.15, 0.2) is 54.6 Å². The van der Waals surface area contributed by atoms with Gasteiger partial charge in [0.05, 0.1) is 18.2 Å². The van der Waals surface area contributed by atoms with Crippen molar-refractivity contribution in [1.82, 2.24) is 10.6 Å². The fraction of sp³-hybridized carbons (Fsp3) is 0.409. The van der Waals surface area contributed by atoms with E-state index >= 15 is 0 Å². The number of rotatable bonds is 2. The van der Waals surface area contributed by atoms with E-state index < -0.39 is 0 Å². The first-order chi connectivity index (χ1) is 13.3. The Morgan fingerprint density at radius 2 is 1.71 bits per heavy atom. The molecule has 0 aromatic heterocycles. The summed E-state index contributed by atoms with van der Waals surface area (Å²) >= 11 is 0. The van der Waals surface area contributed by atoms with Crippen LogP contribution in [0, 0.1) is 0 Å². The molecule has 0 fully saturated rings. The first kappa shape index (κ1) is 22.2. The van der Waals surface area contributed by atoms with Crippen molar-refractivity contribution in [3.8, 4) is 5.75 Å². The molecule has 1 amide bonds. The first-order valence-corrected chi connectivity index (χ1v) is 9.68. The number of halogens is 1. The average Bonchev–Trinajstić information content (AvgIpc) is 2.70. The lowest BCUT2D eigenvalue weighted by molar-refractivity contribution is 0.0827. The van der Waals surface area contributed by atoms with Crippen LogP contribution >= 0.6 is 12.4 Å². The Bertz CT molecular complexity index is 712. The number of amides is 1. The van der Waals surface area contributed by atoms with E-state index in [-0.39, 0.29) is 24.4 Å². The molecule has 0 unspecified atom stereocenters. The smallest absolute Gasteiger partial charge is 0.255 e. The maximum absolute atomic E-state index is 12.9. The number of benzene rings is 2. The minimum Gasteiger partial charge on any atom is -0.491 e. The predicted molar refractivity (Wildman–Crippen MR) is 114 cm³/mol. The molecule has 1 heterocycles. The molecule has 0 radical (unpaired) electrons. The van der Waals surface area contributed by atoms with Crippen molar-refractivity contribution in [2.75, 3.05) is 32.9 Å². The second-order valence-corrected chi connectivity index (χ2v) is 6.74. The molecule has 1 aliphatic heterocycles. The van der Waals surface area contributed by atoms with Crippen LogP contribution in [0.25, 0.3) is 0 Å². The van der Waals surface area contributed by atoms with Gasteiger partial charge in [0, 0.05) is 13.2 Å². The van der Waals surface area contributed by atoms with Gasteiger partial charge in [0.15, 0.2) is 0 Å². The van der Waals surface area contributed by atoms with E-state index in [0.717, 1.165) is 32.4 Å². The lowest BCUT2D eigenvalue weighted by Gasteiger charge is -2.20. The van der Waals surface area contributed by atoms with E-state index in [1.807, 2.05) is 36.4 Å². The van der Waals surface area contributed by atoms with Crippen molar-refractivity contribution >= 4 is 18.3 Å². The summed E-state index contributed by atoms with van der Waals surface area (Å²) in [6.07, 6.45) is 2.80. The van der Waals surface area contributed by atoms with Crippen LogP contribution < -0.4 is 15.4 Å². The number of fused-ring (bicyclic) bond motifs is 1. The summed E-state index contributed by atoms with van der Waals surface area (Å²) < 4.78 is 11.7. The highest BCUT2D eigenvalue weighted by molar-refractivity contribution is 5.97. The van der Waals surface area contributed by atoms with E-state index in [1.165, 1.54) is 5.56 Å². The predicted octanol–water partition coefficient (Wildman–Crippen LogP) is 3.23. The van der Waals surface area contributed by atoms with Gasteiger partial charge in [-0.1, -0.05) is 42.5 Å². The van der Waals surface area contributed by atoms with Crippen molar-refractivity contribution in [3.05, 3.63) is 65.7 Å². The number of ether oxygens (including phenoxy) is 2. The quantitative estimate of drug-likeness (QED) is 0.806. The molecule has 1 aliphatic rings. The molecule has 152 valence electrons. The van der Waals surface area contributed by atoms with Gasteiger partial charge < -0.3 is 20.1 Å². The van der Waals surface area contributed by atoms with Crippen LogP contribution in [-0.4, -0.2) is 44.9 Å². The molecule has 5 nitrogen and oxygen atoms in total. The molecule has 6 heteroatoms. The number of hydrogen-bond acceptors (Lipinski definition) is 4. The summed E-state index contributed by atoms with van der Waals surface area (Å²) in [5.74, 6) is 0.490. The summed E-state index contributed by atoms with van der Waals surface area (Å²) in [5.41, 5.74) is 1.74. The lowest BCUT2D eigenvalue weighted by Crippen LogP contribution is -2.40. The zero-order valence-electron chi connectivity index (χ0n) is 16.1. The maximum Gasteiger partial charge on any atom is 0.255 e. The number of nitrogens with one attached hydrogen (secondary N) is 2. The Balaban J connectivity index is 0.00000280. The third kappa shape index (κ3) is 7.15. The zero-order valence-corrected chi connectivity index (χ0v) is 16.9. The van der Waals surface area contributed by atoms with Crippen molar-refractivity contribution in [1.29, 1.82) is 0 Å². The van der Waals surface area contributed by atoms with Crippen LogP contribution in [0.1, 0.15) is 28.8 Å². The van der Waals surface area contributed by atoms with E-state index in [1.54, 1.807) is 6.07 Å². The third-order valence-electron chi connectivity index (χ3n) is 4.54. The fourth-order valence-corrected chi connectivity index (χ4v) is 3.13. The Morgan fingerprint density at radius 1 is 0.929 bits per heavy atom. The molecule has 0 aliphatic carbocycles. The summed E-state index contributed by atoms with van der Waals surface area (Å²) in [6.45, 7) is 3.44. The molecule has 3 rings (SSSR count). The fourth-order valence-electron chi connectivity index (χ4n) is 3.13. The molecule has 2 aromatic rings. The van der Waals surface area contributed by atoms with Crippen LogP contribution in [0.3, 0.4) is 0 Å². The van der Waals surface area contributed by atoms with E-state index in [9.17, 15) is 4.79 Å². The topological polar surface area (TPSA) is 59.6 Å². The molecule has 2 aromatic carbocycles. The Labute approximate surface area is 173 Å². The summed E-state index contributed by atoms with van der Waals surface area (Å²) in [6, 6.07) is 17.5. The van der Waals surface area contributed by atoms with E-state index in [0.29, 0.717) is 31.1 Å². The van der Waals surface area contributed by atoms with Crippen molar-refractivity contribution in [3.63, 3.8) is 0 Å². The molecule has 2 N–H and O–H groups in total. The minimum atomic E-state index is -0.127. The van der Waals surface area contributed by atoms with Crippen LogP contribution in [0.5, 0.6) is 5.75 Å². The van der Waals surface area contributed by atoms with Gasteiger partial charge in [-0.2, -0.15) is 0 Å². The first-order valence-electron chi connectivity index (χ1n) is 9.68. The van der Waals surface area contributed by atoms with Crippen molar-refractivity contribution < 1.29 is 14.3 Å². The molecule has 1 atom stereocenters. The second kappa shape index (κ2) is 12.4.